The second kappa shape index (κ2) is 5.53. The Hall–Kier alpha value is -1.68. The number of aryl methyl sites for hydroxylation is 1. The maximum absolute atomic E-state index is 13.2. The third-order valence-corrected chi connectivity index (χ3v) is 3.72. The van der Waals surface area contributed by atoms with Crippen molar-refractivity contribution in [1.82, 2.24) is 0 Å². The maximum atomic E-state index is 13.2. The van der Waals surface area contributed by atoms with E-state index in [4.69, 9.17) is 5.73 Å². The fraction of sp³-hybridized carbons (Fsp3) is 0.133. The number of hydrogen-bond donors (Lipinski definition) is 1. The van der Waals surface area contributed by atoms with Crippen molar-refractivity contribution in [2.24, 2.45) is 0 Å². The average Bonchev–Trinajstić information content (AvgIpc) is 2.37. The summed E-state index contributed by atoms with van der Waals surface area (Å²) in [5.41, 5.74) is 8.46. The molecule has 0 amide bonds. The molecule has 98 valence electrons. The second-order valence-electron chi connectivity index (χ2n) is 4.41. The molecule has 0 radical (unpaired) electrons. The Morgan fingerprint density at radius 3 is 2.68 bits per heavy atom. The van der Waals surface area contributed by atoms with E-state index in [1.54, 1.807) is 24.3 Å². The van der Waals surface area contributed by atoms with Crippen molar-refractivity contribution in [3.63, 3.8) is 0 Å². The van der Waals surface area contributed by atoms with Crippen molar-refractivity contribution in [2.45, 2.75) is 13.3 Å². The molecule has 0 saturated heterocycles. The number of rotatable bonds is 3. The quantitative estimate of drug-likeness (QED) is 0.688. The molecule has 0 saturated carbocycles. The van der Waals surface area contributed by atoms with Gasteiger partial charge in [0.2, 0.25) is 0 Å². The van der Waals surface area contributed by atoms with Gasteiger partial charge in [-0.05, 0) is 54.4 Å². The van der Waals surface area contributed by atoms with E-state index in [-0.39, 0.29) is 18.0 Å². The van der Waals surface area contributed by atoms with Crippen LogP contribution in [0, 0.1) is 12.7 Å². The van der Waals surface area contributed by atoms with Gasteiger partial charge >= 0.3 is 0 Å². The summed E-state index contributed by atoms with van der Waals surface area (Å²) in [5, 5.41) is 0. The molecule has 2 nitrogen and oxygen atoms in total. The fourth-order valence-corrected chi connectivity index (χ4v) is 2.19. The van der Waals surface area contributed by atoms with Crippen molar-refractivity contribution >= 4 is 27.4 Å². The molecule has 0 aromatic heterocycles. The van der Waals surface area contributed by atoms with Gasteiger partial charge in [0.15, 0.2) is 5.78 Å². The van der Waals surface area contributed by atoms with Crippen LogP contribution in [0.25, 0.3) is 0 Å². The van der Waals surface area contributed by atoms with E-state index < -0.39 is 0 Å². The molecule has 0 spiro atoms. The number of Topliss-reactive ketones (excluding diaryl/α,β-unsaturated/α-hetero) is 1. The highest BCUT2D eigenvalue weighted by Gasteiger charge is 2.11. The van der Waals surface area contributed by atoms with Crippen molar-refractivity contribution in [3.05, 3.63) is 63.4 Å². The van der Waals surface area contributed by atoms with Gasteiger partial charge in [-0.1, -0.05) is 15.9 Å². The largest absolute Gasteiger partial charge is 0.399 e. The summed E-state index contributed by atoms with van der Waals surface area (Å²) < 4.78 is 13.9. The number of ketones is 1. The molecule has 19 heavy (non-hydrogen) atoms. The highest BCUT2D eigenvalue weighted by atomic mass is 79.9. The van der Waals surface area contributed by atoms with Crippen LogP contribution < -0.4 is 5.73 Å². The summed E-state index contributed by atoms with van der Waals surface area (Å²) >= 11 is 3.32. The van der Waals surface area contributed by atoms with Gasteiger partial charge < -0.3 is 5.73 Å². The number of hydrogen-bond acceptors (Lipinski definition) is 2. The van der Waals surface area contributed by atoms with Crippen LogP contribution in [0.1, 0.15) is 21.5 Å². The third kappa shape index (κ3) is 3.20. The average molecular weight is 322 g/mol. The Balaban J connectivity index is 2.25. The first-order chi connectivity index (χ1) is 8.97. The summed E-state index contributed by atoms with van der Waals surface area (Å²) in [6, 6.07) is 9.48. The minimum absolute atomic E-state index is 0.0607. The fourth-order valence-electron chi connectivity index (χ4n) is 1.80. The molecular formula is C15H13BrFNO. The Bertz CT molecular complexity index is 640. The van der Waals surface area contributed by atoms with Crippen molar-refractivity contribution in [1.29, 1.82) is 0 Å². The van der Waals surface area contributed by atoms with Crippen LogP contribution in [0.5, 0.6) is 0 Å². The van der Waals surface area contributed by atoms with E-state index in [2.05, 4.69) is 15.9 Å². The Labute approximate surface area is 119 Å². The molecular weight excluding hydrogens is 309 g/mol. The van der Waals surface area contributed by atoms with Crippen LogP contribution in [0.2, 0.25) is 0 Å². The van der Waals surface area contributed by atoms with Crippen molar-refractivity contribution < 1.29 is 9.18 Å². The van der Waals surface area contributed by atoms with Crippen LogP contribution in [-0.2, 0) is 6.42 Å². The second-order valence-corrected chi connectivity index (χ2v) is 5.26. The van der Waals surface area contributed by atoms with E-state index >= 15 is 0 Å². The summed E-state index contributed by atoms with van der Waals surface area (Å²) in [7, 11) is 0. The van der Waals surface area contributed by atoms with Crippen LogP contribution >= 0.6 is 15.9 Å². The SMILES string of the molecule is Cc1cc(C(=O)Cc2cc(F)ccc2Br)ccc1N. The number of anilines is 1. The molecule has 0 atom stereocenters. The molecule has 4 heteroatoms. The Morgan fingerprint density at radius 2 is 2.00 bits per heavy atom. The van der Waals surface area contributed by atoms with Gasteiger partial charge in [-0.2, -0.15) is 0 Å². The van der Waals surface area contributed by atoms with Gasteiger partial charge in [0.05, 0.1) is 0 Å². The monoisotopic (exact) mass is 321 g/mol. The minimum Gasteiger partial charge on any atom is -0.399 e. The first kappa shape index (κ1) is 13.7. The number of nitrogen functional groups attached to an aromatic ring is 1. The molecule has 0 fully saturated rings. The lowest BCUT2D eigenvalue weighted by molar-refractivity contribution is 0.0992. The highest BCUT2D eigenvalue weighted by molar-refractivity contribution is 9.10. The standard InChI is InChI=1S/C15H13BrFNO/c1-9-6-10(2-5-14(9)18)15(19)8-11-7-12(17)3-4-13(11)16/h2-7H,8,18H2,1H3. The first-order valence-electron chi connectivity index (χ1n) is 5.80. The molecule has 0 heterocycles. The summed E-state index contributed by atoms with van der Waals surface area (Å²) in [6.45, 7) is 1.85. The zero-order valence-corrected chi connectivity index (χ0v) is 12.0. The van der Waals surface area contributed by atoms with Crippen molar-refractivity contribution in [3.8, 4) is 0 Å². The minimum atomic E-state index is -0.348. The molecule has 2 aromatic carbocycles. The molecule has 0 bridgehead atoms. The van der Waals surface area contributed by atoms with E-state index in [0.29, 0.717) is 16.8 Å². The van der Waals surface area contributed by atoms with Gasteiger partial charge in [0.1, 0.15) is 5.82 Å². The first-order valence-corrected chi connectivity index (χ1v) is 6.60. The van der Waals surface area contributed by atoms with E-state index in [1.807, 2.05) is 6.92 Å². The van der Waals surface area contributed by atoms with E-state index in [1.165, 1.54) is 12.1 Å². The smallest absolute Gasteiger partial charge is 0.167 e. The van der Waals surface area contributed by atoms with Gasteiger partial charge in [-0.15, -0.1) is 0 Å². The zero-order valence-electron chi connectivity index (χ0n) is 10.4. The van der Waals surface area contributed by atoms with Gasteiger partial charge in [0.25, 0.3) is 0 Å². The summed E-state index contributed by atoms with van der Waals surface area (Å²) in [6.07, 6.45) is 0.154. The summed E-state index contributed by atoms with van der Waals surface area (Å²) in [4.78, 5) is 12.2. The predicted octanol–water partition coefficient (Wildman–Crippen LogP) is 3.90. The van der Waals surface area contributed by atoms with Crippen molar-refractivity contribution in [2.75, 3.05) is 5.73 Å². The predicted molar refractivity (Wildman–Crippen MR) is 77.7 cm³/mol. The van der Waals surface area contributed by atoms with Crippen LogP contribution in [-0.4, -0.2) is 5.78 Å². The molecule has 2 N–H and O–H groups in total. The normalized spacial score (nSPS) is 10.5. The zero-order chi connectivity index (χ0) is 14.0. The van der Waals surface area contributed by atoms with Gasteiger partial charge in [-0.25, -0.2) is 4.39 Å². The lowest BCUT2D eigenvalue weighted by Gasteiger charge is -2.06. The molecule has 0 aliphatic rings. The summed E-state index contributed by atoms with van der Waals surface area (Å²) in [5.74, 6) is -0.408. The van der Waals surface area contributed by atoms with Gasteiger partial charge in [-0.3, -0.25) is 4.79 Å². The number of benzene rings is 2. The number of nitrogens with two attached hydrogens (primary N) is 1. The van der Waals surface area contributed by atoms with Crippen LogP contribution in [0.4, 0.5) is 10.1 Å². The van der Waals surface area contributed by atoms with E-state index in [0.717, 1.165) is 10.0 Å². The molecule has 0 unspecified atom stereocenters. The number of halogens is 2. The van der Waals surface area contributed by atoms with E-state index in [9.17, 15) is 9.18 Å². The Morgan fingerprint density at radius 1 is 1.26 bits per heavy atom. The molecule has 0 aliphatic heterocycles. The number of carbonyl (C=O) groups excluding carboxylic acids is 1. The Kier molecular flexibility index (Phi) is 4.00. The molecule has 2 rings (SSSR count). The third-order valence-electron chi connectivity index (χ3n) is 2.95. The van der Waals surface area contributed by atoms with Crippen LogP contribution in [0.3, 0.4) is 0 Å². The highest BCUT2D eigenvalue weighted by Crippen LogP contribution is 2.21. The lowest BCUT2D eigenvalue weighted by Crippen LogP contribution is -2.05. The molecule has 2 aromatic rings. The van der Waals surface area contributed by atoms with Crippen LogP contribution in [0.15, 0.2) is 40.9 Å². The lowest BCUT2D eigenvalue weighted by atomic mass is 10.0. The van der Waals surface area contributed by atoms with Gasteiger partial charge in [0, 0.05) is 22.1 Å². The topological polar surface area (TPSA) is 43.1 Å². The maximum Gasteiger partial charge on any atom is 0.167 e. The number of carbonyl (C=O) groups is 1. The molecule has 0 aliphatic carbocycles.